The lowest BCUT2D eigenvalue weighted by atomic mass is 10.3. The van der Waals surface area contributed by atoms with Crippen LogP contribution in [0.2, 0.25) is 0 Å². The Kier molecular flexibility index (Phi) is 12.5. The molecule has 0 radical (unpaired) electrons. The first-order chi connectivity index (χ1) is 9.61. The molecule has 0 fully saturated rings. The van der Waals surface area contributed by atoms with E-state index in [9.17, 15) is 4.79 Å². The first-order valence-corrected chi connectivity index (χ1v) is 7.38. The predicted molar refractivity (Wildman–Crippen MR) is 78.7 cm³/mol. The lowest BCUT2D eigenvalue weighted by Gasteiger charge is -1.96. The van der Waals surface area contributed by atoms with Crippen molar-refractivity contribution in [1.82, 2.24) is 0 Å². The highest BCUT2D eigenvalue weighted by Crippen LogP contribution is 2.25. The number of benzene rings is 1. The molecule has 0 aromatic heterocycles. The van der Waals surface area contributed by atoms with Crippen LogP contribution in [-0.4, -0.2) is 34.4 Å². The summed E-state index contributed by atoms with van der Waals surface area (Å²) in [6, 6.07) is 9.68. The monoisotopic (exact) mass is 320 g/mol. The molecule has 0 aliphatic heterocycles. The third kappa shape index (κ3) is 20.8. The van der Waals surface area contributed by atoms with Crippen molar-refractivity contribution in [2.45, 2.75) is 13.8 Å². The molecule has 0 bridgehead atoms. The zero-order valence-electron chi connectivity index (χ0n) is 12.2. The standard InChI is InChI=1S/C7H8O.C6H10O2.H3O4P/c1-8-7-5-3-2-4-6-7;1-4-8-6(7)5(2)3;1-5(2,3)4/h2-6H,1H3;2,4H2,1,3H3;(H3,1,2,3,4). The van der Waals surface area contributed by atoms with E-state index in [1.54, 1.807) is 21.0 Å². The normalized spacial score (nSPS) is 9.24. The molecule has 1 aromatic rings. The van der Waals surface area contributed by atoms with Gasteiger partial charge in [-0.1, -0.05) is 24.8 Å². The van der Waals surface area contributed by atoms with E-state index < -0.39 is 7.82 Å². The van der Waals surface area contributed by atoms with Crippen LogP contribution in [0.4, 0.5) is 0 Å². The number of carbonyl (C=O) groups is 1. The third-order valence-electron chi connectivity index (χ3n) is 1.60. The minimum atomic E-state index is -4.64. The average Bonchev–Trinajstić information content (AvgIpc) is 2.38. The van der Waals surface area contributed by atoms with Crippen LogP contribution >= 0.6 is 7.82 Å². The van der Waals surface area contributed by atoms with Gasteiger partial charge in [-0.25, -0.2) is 9.36 Å². The van der Waals surface area contributed by atoms with Crippen LogP contribution in [0, 0.1) is 0 Å². The quantitative estimate of drug-likeness (QED) is 0.443. The van der Waals surface area contributed by atoms with E-state index in [-0.39, 0.29) is 5.97 Å². The average molecular weight is 320 g/mol. The van der Waals surface area contributed by atoms with Crippen molar-refractivity contribution < 1.29 is 33.5 Å². The van der Waals surface area contributed by atoms with Gasteiger partial charge in [0.1, 0.15) is 5.75 Å². The Bertz CT molecular complexity index is 445. The summed E-state index contributed by atoms with van der Waals surface area (Å²) in [5.74, 6) is 0.597. The maximum atomic E-state index is 10.4. The van der Waals surface area contributed by atoms with Crippen molar-refractivity contribution in [3.63, 3.8) is 0 Å². The molecule has 0 atom stereocenters. The Labute approximate surface area is 124 Å². The number of methoxy groups -OCH3 is 1. The van der Waals surface area contributed by atoms with E-state index in [1.807, 2.05) is 30.3 Å². The van der Waals surface area contributed by atoms with Crippen LogP contribution in [0.3, 0.4) is 0 Å². The number of hydrogen-bond acceptors (Lipinski definition) is 4. The summed E-state index contributed by atoms with van der Waals surface area (Å²) in [4.78, 5) is 32.0. The number of carbonyl (C=O) groups excluding carboxylic acids is 1. The van der Waals surface area contributed by atoms with Gasteiger partial charge in [0.2, 0.25) is 0 Å². The van der Waals surface area contributed by atoms with Gasteiger partial charge in [0, 0.05) is 5.57 Å². The van der Waals surface area contributed by atoms with Gasteiger partial charge in [0.25, 0.3) is 0 Å². The van der Waals surface area contributed by atoms with Crippen LogP contribution < -0.4 is 4.74 Å². The summed E-state index contributed by atoms with van der Waals surface area (Å²) < 4.78 is 18.4. The fraction of sp³-hybridized carbons (Fsp3) is 0.308. The molecule has 0 spiro atoms. The summed E-state index contributed by atoms with van der Waals surface area (Å²) in [7, 11) is -2.98. The topological polar surface area (TPSA) is 113 Å². The fourth-order valence-corrected chi connectivity index (χ4v) is 0.811. The van der Waals surface area contributed by atoms with Gasteiger partial charge in [-0.15, -0.1) is 0 Å². The van der Waals surface area contributed by atoms with Crippen molar-refractivity contribution >= 4 is 13.8 Å². The highest BCUT2D eigenvalue weighted by molar-refractivity contribution is 7.45. The Balaban J connectivity index is 0. The zero-order chi connectivity index (χ0) is 16.9. The largest absolute Gasteiger partial charge is 0.497 e. The molecule has 0 saturated heterocycles. The van der Waals surface area contributed by atoms with Gasteiger partial charge >= 0.3 is 13.8 Å². The third-order valence-corrected chi connectivity index (χ3v) is 1.60. The fourth-order valence-electron chi connectivity index (χ4n) is 0.811. The molecule has 7 nitrogen and oxygen atoms in total. The van der Waals surface area contributed by atoms with Crippen molar-refractivity contribution in [3.8, 4) is 5.75 Å². The molecule has 0 amide bonds. The number of esters is 1. The molecule has 0 aliphatic carbocycles. The molecule has 120 valence electrons. The summed E-state index contributed by atoms with van der Waals surface area (Å²) >= 11 is 0. The summed E-state index contributed by atoms with van der Waals surface area (Å²) in [6.45, 7) is 7.21. The SMILES string of the molecule is C=C(C)C(=O)OCC.COc1ccccc1.O=P(O)(O)O. The number of phosphoric acid groups is 1. The maximum Gasteiger partial charge on any atom is 0.466 e. The lowest BCUT2D eigenvalue weighted by Crippen LogP contribution is -2.03. The summed E-state index contributed by atoms with van der Waals surface area (Å²) in [5.41, 5.74) is 0.451. The smallest absolute Gasteiger partial charge is 0.466 e. The molecule has 0 saturated carbocycles. The molecule has 1 rings (SSSR count). The Morgan fingerprint density at radius 3 is 1.86 bits per heavy atom. The maximum absolute atomic E-state index is 10.4. The van der Waals surface area contributed by atoms with Crippen LogP contribution in [0.5, 0.6) is 5.75 Å². The molecule has 1 aromatic carbocycles. The van der Waals surface area contributed by atoms with Crippen LogP contribution in [0.15, 0.2) is 42.5 Å². The summed E-state index contributed by atoms with van der Waals surface area (Å²) in [6.07, 6.45) is 0. The minimum Gasteiger partial charge on any atom is -0.497 e. The molecule has 0 aliphatic rings. The summed E-state index contributed by atoms with van der Waals surface area (Å²) in [5, 5.41) is 0. The van der Waals surface area contributed by atoms with Gasteiger partial charge < -0.3 is 24.2 Å². The lowest BCUT2D eigenvalue weighted by molar-refractivity contribution is -0.138. The van der Waals surface area contributed by atoms with Crippen LogP contribution in [0.25, 0.3) is 0 Å². The Hall–Kier alpha value is -1.66. The van der Waals surface area contributed by atoms with E-state index in [4.69, 9.17) is 24.0 Å². The number of para-hydroxylation sites is 1. The number of hydrogen-bond donors (Lipinski definition) is 3. The highest BCUT2D eigenvalue weighted by Gasteiger charge is 2.00. The van der Waals surface area contributed by atoms with Crippen LogP contribution in [0.1, 0.15) is 13.8 Å². The van der Waals surface area contributed by atoms with Gasteiger partial charge in [-0.3, -0.25) is 0 Å². The zero-order valence-corrected chi connectivity index (χ0v) is 13.1. The van der Waals surface area contributed by atoms with Gasteiger partial charge in [0.15, 0.2) is 0 Å². The first kappa shape index (κ1) is 21.6. The van der Waals surface area contributed by atoms with Crippen molar-refractivity contribution in [3.05, 3.63) is 42.5 Å². The first-order valence-electron chi connectivity index (χ1n) is 5.81. The molecule has 0 heterocycles. The number of rotatable bonds is 3. The van der Waals surface area contributed by atoms with Gasteiger partial charge in [-0.05, 0) is 26.0 Å². The Morgan fingerprint density at radius 1 is 1.24 bits per heavy atom. The van der Waals surface area contributed by atoms with Crippen molar-refractivity contribution in [2.24, 2.45) is 0 Å². The van der Waals surface area contributed by atoms with E-state index >= 15 is 0 Å². The highest BCUT2D eigenvalue weighted by atomic mass is 31.2. The molecular formula is C13H21O7P. The van der Waals surface area contributed by atoms with E-state index in [0.29, 0.717) is 12.2 Å². The Morgan fingerprint density at radius 2 is 1.67 bits per heavy atom. The second-order valence-corrected chi connectivity index (χ2v) is 4.56. The van der Waals surface area contributed by atoms with Crippen molar-refractivity contribution in [2.75, 3.05) is 13.7 Å². The second kappa shape index (κ2) is 12.1. The van der Waals surface area contributed by atoms with E-state index in [0.717, 1.165) is 5.75 Å². The second-order valence-electron chi connectivity index (χ2n) is 3.53. The van der Waals surface area contributed by atoms with Gasteiger partial charge in [0.05, 0.1) is 13.7 Å². The molecule has 3 N–H and O–H groups in total. The minimum absolute atomic E-state index is 0.312. The van der Waals surface area contributed by atoms with Gasteiger partial charge in [-0.2, -0.15) is 0 Å². The van der Waals surface area contributed by atoms with Crippen molar-refractivity contribution in [1.29, 1.82) is 0 Å². The molecule has 21 heavy (non-hydrogen) atoms. The molecule has 8 heteroatoms. The van der Waals surface area contributed by atoms with Crippen LogP contribution in [-0.2, 0) is 14.1 Å². The number of ether oxygens (including phenoxy) is 2. The molecule has 0 unspecified atom stereocenters. The molecular weight excluding hydrogens is 299 g/mol. The predicted octanol–water partition coefficient (Wildman–Crippen LogP) is 1.89. The van der Waals surface area contributed by atoms with E-state index in [1.165, 1.54) is 0 Å². The van der Waals surface area contributed by atoms with E-state index in [2.05, 4.69) is 11.3 Å².